The lowest BCUT2D eigenvalue weighted by Gasteiger charge is -2.09. The SMILES string of the molecule is Nc1nonc1-c1nc2ccccc2n1CC(=O)Nc1cc(F)cc(Br)c1. The summed E-state index contributed by atoms with van der Waals surface area (Å²) < 4.78 is 20.3. The number of halogens is 2. The number of carbonyl (C=O) groups is 1. The summed E-state index contributed by atoms with van der Waals surface area (Å²) in [5, 5.41) is 10.0. The van der Waals surface area contributed by atoms with E-state index in [9.17, 15) is 9.18 Å². The largest absolute Gasteiger partial charge is 0.379 e. The number of anilines is 2. The van der Waals surface area contributed by atoms with E-state index in [4.69, 9.17) is 5.73 Å². The quantitative estimate of drug-likeness (QED) is 0.513. The summed E-state index contributed by atoms with van der Waals surface area (Å²) in [6.07, 6.45) is 0. The standard InChI is InChI=1S/C17H12BrFN6O2/c18-9-5-10(19)7-11(6-9)21-14(26)8-25-13-4-2-1-3-12(13)22-17(25)15-16(20)24-27-23-15/h1-7H,8H2,(H2,20,24)(H,21,26). The first-order valence-corrected chi connectivity index (χ1v) is 8.60. The number of nitrogens with two attached hydrogens (primary N) is 1. The Balaban J connectivity index is 1.70. The van der Waals surface area contributed by atoms with Crippen LogP contribution in [0.3, 0.4) is 0 Å². The molecule has 0 aliphatic carbocycles. The minimum Gasteiger partial charge on any atom is -0.379 e. The van der Waals surface area contributed by atoms with Crippen molar-refractivity contribution >= 4 is 44.4 Å². The number of amides is 1. The third-order valence-corrected chi connectivity index (χ3v) is 4.29. The van der Waals surface area contributed by atoms with Crippen LogP contribution in [0.2, 0.25) is 0 Å². The van der Waals surface area contributed by atoms with Crippen LogP contribution in [0, 0.1) is 5.82 Å². The second kappa shape index (κ2) is 6.80. The van der Waals surface area contributed by atoms with Gasteiger partial charge in [0.1, 0.15) is 12.4 Å². The van der Waals surface area contributed by atoms with Gasteiger partial charge in [-0.15, -0.1) is 0 Å². The highest BCUT2D eigenvalue weighted by molar-refractivity contribution is 9.10. The van der Waals surface area contributed by atoms with Gasteiger partial charge in [0.15, 0.2) is 17.3 Å². The number of rotatable bonds is 4. The number of nitrogens with one attached hydrogen (secondary N) is 1. The maximum Gasteiger partial charge on any atom is 0.244 e. The number of para-hydroxylation sites is 2. The van der Waals surface area contributed by atoms with E-state index in [0.717, 1.165) is 0 Å². The van der Waals surface area contributed by atoms with Crippen molar-refractivity contribution in [1.82, 2.24) is 19.9 Å². The van der Waals surface area contributed by atoms with Crippen molar-refractivity contribution in [2.24, 2.45) is 0 Å². The molecule has 8 nitrogen and oxygen atoms in total. The van der Waals surface area contributed by atoms with Crippen molar-refractivity contribution in [2.75, 3.05) is 11.1 Å². The molecule has 10 heteroatoms. The molecule has 0 unspecified atom stereocenters. The summed E-state index contributed by atoms with van der Waals surface area (Å²) in [6, 6.07) is 11.4. The lowest BCUT2D eigenvalue weighted by molar-refractivity contribution is -0.116. The Labute approximate surface area is 160 Å². The van der Waals surface area contributed by atoms with Crippen molar-refractivity contribution < 1.29 is 13.8 Å². The van der Waals surface area contributed by atoms with Crippen LogP contribution in [-0.4, -0.2) is 25.8 Å². The summed E-state index contributed by atoms with van der Waals surface area (Å²) in [5.41, 5.74) is 7.74. The Bertz CT molecular complexity index is 1140. The zero-order valence-electron chi connectivity index (χ0n) is 13.7. The topological polar surface area (TPSA) is 112 Å². The van der Waals surface area contributed by atoms with E-state index in [-0.39, 0.29) is 24.0 Å². The van der Waals surface area contributed by atoms with E-state index in [2.05, 4.69) is 41.2 Å². The van der Waals surface area contributed by atoms with Crippen LogP contribution in [0.1, 0.15) is 0 Å². The lowest BCUT2D eigenvalue weighted by atomic mass is 10.3. The Hall–Kier alpha value is -3.27. The molecule has 1 amide bonds. The first-order valence-electron chi connectivity index (χ1n) is 7.81. The Kier molecular flexibility index (Phi) is 4.32. The van der Waals surface area contributed by atoms with Crippen LogP contribution in [0.25, 0.3) is 22.6 Å². The number of benzene rings is 2. The molecule has 2 aromatic heterocycles. The zero-order chi connectivity index (χ0) is 19.0. The minimum atomic E-state index is -0.463. The highest BCUT2D eigenvalue weighted by atomic mass is 79.9. The first-order chi connectivity index (χ1) is 13.0. The van der Waals surface area contributed by atoms with Gasteiger partial charge in [-0.05, 0) is 40.6 Å². The molecule has 0 radical (unpaired) electrons. The molecule has 136 valence electrons. The second-order valence-corrected chi connectivity index (χ2v) is 6.63. The highest BCUT2D eigenvalue weighted by Gasteiger charge is 2.20. The number of carbonyl (C=O) groups excluding carboxylic acids is 1. The summed E-state index contributed by atoms with van der Waals surface area (Å²) in [4.78, 5) is 17.0. The number of imidazole rings is 1. The molecule has 4 aromatic rings. The van der Waals surface area contributed by atoms with Crippen LogP contribution in [0.5, 0.6) is 0 Å². The molecule has 0 aliphatic rings. The summed E-state index contributed by atoms with van der Waals surface area (Å²) in [5.74, 6) is -0.409. The third-order valence-electron chi connectivity index (χ3n) is 3.83. The summed E-state index contributed by atoms with van der Waals surface area (Å²) >= 11 is 3.20. The summed E-state index contributed by atoms with van der Waals surface area (Å²) in [7, 11) is 0. The molecule has 2 heterocycles. The van der Waals surface area contributed by atoms with Crippen molar-refractivity contribution in [2.45, 2.75) is 6.54 Å². The van der Waals surface area contributed by atoms with Gasteiger partial charge in [0.25, 0.3) is 0 Å². The Morgan fingerprint density at radius 1 is 1.26 bits per heavy atom. The maximum absolute atomic E-state index is 13.5. The fraction of sp³-hybridized carbons (Fsp3) is 0.0588. The average molecular weight is 431 g/mol. The maximum atomic E-state index is 13.5. The average Bonchev–Trinajstić information content (AvgIpc) is 3.17. The molecule has 4 rings (SSSR count). The normalized spacial score (nSPS) is 11.0. The van der Waals surface area contributed by atoms with Gasteiger partial charge in [-0.1, -0.05) is 28.1 Å². The Morgan fingerprint density at radius 3 is 2.81 bits per heavy atom. The van der Waals surface area contributed by atoms with Crippen molar-refractivity contribution in [3.63, 3.8) is 0 Å². The van der Waals surface area contributed by atoms with Gasteiger partial charge >= 0.3 is 0 Å². The molecule has 0 bridgehead atoms. The lowest BCUT2D eigenvalue weighted by Crippen LogP contribution is -2.19. The first kappa shape index (κ1) is 17.2. The predicted octanol–water partition coefficient (Wildman–Crippen LogP) is 3.21. The number of hydrogen-bond donors (Lipinski definition) is 2. The molecule has 3 N–H and O–H groups in total. The smallest absolute Gasteiger partial charge is 0.244 e. The molecule has 0 saturated heterocycles. The number of hydrogen-bond acceptors (Lipinski definition) is 6. The highest BCUT2D eigenvalue weighted by Crippen LogP contribution is 2.26. The molecule has 2 aromatic carbocycles. The molecule has 0 aliphatic heterocycles. The zero-order valence-corrected chi connectivity index (χ0v) is 15.3. The van der Waals surface area contributed by atoms with Gasteiger partial charge < -0.3 is 15.6 Å². The number of nitrogens with zero attached hydrogens (tertiary/aromatic N) is 4. The molecule has 27 heavy (non-hydrogen) atoms. The fourth-order valence-electron chi connectivity index (χ4n) is 2.74. The van der Waals surface area contributed by atoms with E-state index in [1.807, 2.05) is 18.2 Å². The van der Waals surface area contributed by atoms with Gasteiger partial charge in [-0.2, -0.15) is 0 Å². The molecular formula is C17H12BrFN6O2. The van der Waals surface area contributed by atoms with Crippen molar-refractivity contribution in [1.29, 1.82) is 0 Å². The van der Waals surface area contributed by atoms with Gasteiger partial charge in [0, 0.05) is 10.2 Å². The molecule has 0 atom stereocenters. The number of fused-ring (bicyclic) bond motifs is 1. The second-order valence-electron chi connectivity index (χ2n) is 5.71. The molecular weight excluding hydrogens is 419 g/mol. The van der Waals surface area contributed by atoms with Crippen LogP contribution >= 0.6 is 15.9 Å². The third kappa shape index (κ3) is 3.38. The number of aromatic nitrogens is 4. The van der Waals surface area contributed by atoms with Gasteiger partial charge in [0.2, 0.25) is 5.91 Å². The van der Waals surface area contributed by atoms with Gasteiger partial charge in [-0.3, -0.25) is 4.79 Å². The van der Waals surface area contributed by atoms with Crippen molar-refractivity contribution in [3.05, 3.63) is 52.8 Å². The van der Waals surface area contributed by atoms with Crippen LogP contribution in [-0.2, 0) is 11.3 Å². The van der Waals surface area contributed by atoms with E-state index in [1.54, 1.807) is 16.7 Å². The van der Waals surface area contributed by atoms with Crippen molar-refractivity contribution in [3.8, 4) is 11.5 Å². The van der Waals surface area contributed by atoms with E-state index in [1.165, 1.54) is 12.1 Å². The molecule has 0 spiro atoms. The fourth-order valence-corrected chi connectivity index (χ4v) is 3.20. The summed E-state index contributed by atoms with van der Waals surface area (Å²) in [6.45, 7) is -0.0870. The van der Waals surface area contributed by atoms with Crippen LogP contribution < -0.4 is 11.1 Å². The molecule has 0 fully saturated rings. The van der Waals surface area contributed by atoms with Gasteiger partial charge in [-0.25, -0.2) is 14.0 Å². The van der Waals surface area contributed by atoms with E-state index < -0.39 is 5.82 Å². The number of nitrogen functional groups attached to an aromatic ring is 1. The van der Waals surface area contributed by atoms with Crippen LogP contribution in [0.15, 0.2) is 51.6 Å². The van der Waals surface area contributed by atoms with Crippen LogP contribution in [0.4, 0.5) is 15.9 Å². The predicted molar refractivity (Wildman–Crippen MR) is 100 cm³/mol. The monoisotopic (exact) mass is 430 g/mol. The Morgan fingerprint density at radius 2 is 2.07 bits per heavy atom. The van der Waals surface area contributed by atoms with E-state index in [0.29, 0.717) is 27.0 Å². The van der Waals surface area contributed by atoms with Gasteiger partial charge in [0.05, 0.1) is 11.0 Å². The van der Waals surface area contributed by atoms with E-state index >= 15 is 0 Å². The minimum absolute atomic E-state index is 0.0704. The molecule has 0 saturated carbocycles.